The van der Waals surface area contributed by atoms with Crippen LogP contribution < -0.4 is 4.74 Å². The summed E-state index contributed by atoms with van der Waals surface area (Å²) in [4.78, 5) is 14.9. The van der Waals surface area contributed by atoms with E-state index < -0.39 is 0 Å². The topological polar surface area (TPSA) is 95.9 Å². The van der Waals surface area contributed by atoms with Crippen LogP contribution in [-0.4, -0.2) is 56.3 Å². The summed E-state index contributed by atoms with van der Waals surface area (Å²) < 4.78 is 11.3. The van der Waals surface area contributed by atoms with E-state index in [0.29, 0.717) is 6.61 Å². The molecule has 2 N–H and O–H groups in total. The summed E-state index contributed by atoms with van der Waals surface area (Å²) in [6, 6.07) is 14.4. The SMILES string of the molecule is c1cc(-c2ccoc2)c2cc(-c3n[nH]c4ccc(-c5cncc(OCCN6CCCC6)c5)cc34)[nH]c2n1. The van der Waals surface area contributed by atoms with Gasteiger partial charge in [0.05, 0.1) is 29.9 Å². The van der Waals surface area contributed by atoms with Crippen LogP contribution in [0.1, 0.15) is 12.8 Å². The fourth-order valence-corrected chi connectivity index (χ4v) is 5.18. The van der Waals surface area contributed by atoms with Gasteiger partial charge in [0.15, 0.2) is 0 Å². The number of rotatable bonds is 7. The van der Waals surface area contributed by atoms with Crippen LogP contribution in [0.3, 0.4) is 0 Å². The summed E-state index contributed by atoms with van der Waals surface area (Å²) in [5, 5.41) is 9.85. The van der Waals surface area contributed by atoms with Crippen LogP contribution in [0.25, 0.3) is 55.6 Å². The second-order valence-corrected chi connectivity index (χ2v) is 9.45. The predicted octanol–water partition coefficient (Wildman–Crippen LogP) is 5.90. The van der Waals surface area contributed by atoms with E-state index in [2.05, 4.69) is 60.4 Å². The minimum Gasteiger partial charge on any atom is -0.491 e. The highest BCUT2D eigenvalue weighted by Crippen LogP contribution is 2.35. The average molecular weight is 491 g/mol. The van der Waals surface area contributed by atoms with Gasteiger partial charge in [0.25, 0.3) is 0 Å². The van der Waals surface area contributed by atoms with Gasteiger partial charge in [-0.2, -0.15) is 5.10 Å². The number of likely N-dealkylation sites (tertiary alicyclic amines) is 1. The summed E-state index contributed by atoms with van der Waals surface area (Å²) in [5.74, 6) is 0.790. The first-order valence-electron chi connectivity index (χ1n) is 12.6. The van der Waals surface area contributed by atoms with Crippen molar-refractivity contribution in [3.63, 3.8) is 0 Å². The van der Waals surface area contributed by atoms with E-state index in [-0.39, 0.29) is 0 Å². The molecule has 1 fully saturated rings. The van der Waals surface area contributed by atoms with Crippen molar-refractivity contribution in [3.8, 4) is 39.4 Å². The molecule has 1 aromatic carbocycles. The van der Waals surface area contributed by atoms with E-state index in [0.717, 1.165) is 67.9 Å². The van der Waals surface area contributed by atoms with Crippen LogP contribution in [-0.2, 0) is 0 Å². The lowest BCUT2D eigenvalue weighted by molar-refractivity contribution is 0.237. The monoisotopic (exact) mass is 490 g/mol. The standard InChI is InChI=1S/C29H26N6O2/c1-2-9-35(8-1)10-12-37-22-13-21(16-30-17-22)19-3-4-26-25(14-19)28(34-33-26)27-15-24-23(20-6-11-36-18-20)5-7-31-29(24)32-27/h3-7,11,13-18H,1-2,8-10,12H2,(H,31,32)(H,33,34). The number of pyridine rings is 2. The third-order valence-electron chi connectivity index (χ3n) is 7.10. The van der Waals surface area contributed by atoms with Crippen molar-refractivity contribution in [1.29, 1.82) is 0 Å². The fraction of sp³-hybridized carbons (Fsp3) is 0.207. The van der Waals surface area contributed by atoms with Crippen LogP contribution in [0.5, 0.6) is 5.75 Å². The minimum absolute atomic E-state index is 0.672. The highest BCUT2D eigenvalue weighted by molar-refractivity contribution is 6.00. The lowest BCUT2D eigenvalue weighted by Gasteiger charge is -2.15. The number of H-pyrrole nitrogens is 2. The number of hydrogen-bond acceptors (Lipinski definition) is 6. The smallest absolute Gasteiger partial charge is 0.138 e. The normalized spacial score (nSPS) is 14.2. The Bertz CT molecular complexity index is 1680. The molecule has 8 nitrogen and oxygen atoms in total. The Morgan fingerprint density at radius 1 is 0.946 bits per heavy atom. The number of benzene rings is 1. The van der Waals surface area contributed by atoms with Gasteiger partial charge in [-0.1, -0.05) is 6.07 Å². The van der Waals surface area contributed by atoms with E-state index >= 15 is 0 Å². The summed E-state index contributed by atoms with van der Waals surface area (Å²) in [6.45, 7) is 3.97. The summed E-state index contributed by atoms with van der Waals surface area (Å²) >= 11 is 0. The van der Waals surface area contributed by atoms with Crippen molar-refractivity contribution in [2.24, 2.45) is 0 Å². The van der Waals surface area contributed by atoms with Gasteiger partial charge in [-0.15, -0.1) is 0 Å². The van der Waals surface area contributed by atoms with Crippen LogP contribution >= 0.6 is 0 Å². The molecule has 0 atom stereocenters. The predicted molar refractivity (Wildman–Crippen MR) is 143 cm³/mol. The zero-order chi connectivity index (χ0) is 24.6. The molecule has 6 aromatic rings. The van der Waals surface area contributed by atoms with E-state index in [1.165, 1.54) is 25.9 Å². The minimum atomic E-state index is 0.672. The van der Waals surface area contributed by atoms with Crippen molar-refractivity contribution < 1.29 is 9.15 Å². The molecule has 184 valence electrons. The van der Waals surface area contributed by atoms with Gasteiger partial charge in [-0.3, -0.25) is 15.0 Å². The van der Waals surface area contributed by atoms with Crippen molar-refractivity contribution in [3.05, 3.63) is 73.6 Å². The fourth-order valence-electron chi connectivity index (χ4n) is 5.18. The molecular weight excluding hydrogens is 464 g/mol. The molecule has 37 heavy (non-hydrogen) atoms. The van der Waals surface area contributed by atoms with Gasteiger partial charge >= 0.3 is 0 Å². The number of nitrogens with zero attached hydrogens (tertiary/aromatic N) is 4. The number of aromatic nitrogens is 5. The van der Waals surface area contributed by atoms with Gasteiger partial charge in [0, 0.05) is 40.8 Å². The second kappa shape index (κ2) is 9.22. The van der Waals surface area contributed by atoms with Gasteiger partial charge in [-0.05, 0) is 73.5 Å². The molecule has 0 amide bonds. The van der Waals surface area contributed by atoms with Gasteiger partial charge in [0.2, 0.25) is 0 Å². The Morgan fingerprint density at radius 2 is 1.89 bits per heavy atom. The molecule has 1 aliphatic rings. The molecule has 0 unspecified atom stereocenters. The number of ether oxygens (including phenoxy) is 1. The highest BCUT2D eigenvalue weighted by Gasteiger charge is 2.16. The Kier molecular flexibility index (Phi) is 5.44. The highest BCUT2D eigenvalue weighted by atomic mass is 16.5. The molecule has 0 radical (unpaired) electrons. The maximum Gasteiger partial charge on any atom is 0.138 e. The van der Waals surface area contributed by atoms with Gasteiger partial charge in [0.1, 0.15) is 23.7 Å². The van der Waals surface area contributed by atoms with E-state index in [1.54, 1.807) is 24.9 Å². The van der Waals surface area contributed by atoms with Crippen LogP contribution in [0.4, 0.5) is 0 Å². The number of furan rings is 1. The van der Waals surface area contributed by atoms with E-state index in [9.17, 15) is 0 Å². The molecule has 1 saturated heterocycles. The van der Waals surface area contributed by atoms with Gasteiger partial charge < -0.3 is 14.1 Å². The molecule has 0 spiro atoms. The van der Waals surface area contributed by atoms with E-state index in [4.69, 9.17) is 9.15 Å². The van der Waals surface area contributed by atoms with Crippen molar-refractivity contribution in [2.45, 2.75) is 12.8 Å². The first-order valence-corrected chi connectivity index (χ1v) is 12.6. The lowest BCUT2D eigenvalue weighted by Crippen LogP contribution is -2.25. The second-order valence-electron chi connectivity index (χ2n) is 9.45. The molecule has 0 saturated carbocycles. The summed E-state index contributed by atoms with van der Waals surface area (Å²) in [7, 11) is 0. The molecule has 0 aliphatic carbocycles. The van der Waals surface area contributed by atoms with Crippen LogP contribution in [0.15, 0.2) is 78.0 Å². The molecule has 6 heterocycles. The number of aromatic amines is 2. The number of nitrogens with one attached hydrogen (secondary N) is 2. The van der Waals surface area contributed by atoms with Crippen molar-refractivity contribution in [1.82, 2.24) is 30.0 Å². The number of fused-ring (bicyclic) bond motifs is 2. The first kappa shape index (κ1) is 21.8. The summed E-state index contributed by atoms with van der Waals surface area (Å²) in [5.41, 5.74) is 7.67. The summed E-state index contributed by atoms with van der Waals surface area (Å²) in [6.07, 6.45) is 11.5. The van der Waals surface area contributed by atoms with Crippen molar-refractivity contribution in [2.75, 3.05) is 26.2 Å². The zero-order valence-corrected chi connectivity index (χ0v) is 20.3. The lowest BCUT2D eigenvalue weighted by atomic mass is 10.0. The largest absolute Gasteiger partial charge is 0.491 e. The van der Waals surface area contributed by atoms with Crippen LogP contribution in [0, 0.1) is 0 Å². The first-order chi connectivity index (χ1) is 18.3. The average Bonchev–Trinajstić information content (AvgIpc) is 3.74. The quantitative estimate of drug-likeness (QED) is 0.289. The molecule has 8 heteroatoms. The maximum atomic E-state index is 6.03. The number of hydrogen-bond donors (Lipinski definition) is 2. The van der Waals surface area contributed by atoms with Crippen LogP contribution in [0.2, 0.25) is 0 Å². The van der Waals surface area contributed by atoms with Gasteiger partial charge in [-0.25, -0.2) is 4.98 Å². The van der Waals surface area contributed by atoms with Crippen molar-refractivity contribution >= 4 is 21.9 Å². The Morgan fingerprint density at radius 3 is 2.78 bits per heavy atom. The molecule has 5 aromatic heterocycles. The van der Waals surface area contributed by atoms with E-state index in [1.807, 2.05) is 18.3 Å². The molecular formula is C29H26N6O2. The third-order valence-corrected chi connectivity index (χ3v) is 7.10. The Balaban J connectivity index is 1.20. The maximum absolute atomic E-state index is 6.03. The molecule has 0 bridgehead atoms. The molecule has 7 rings (SSSR count). The zero-order valence-electron chi connectivity index (χ0n) is 20.3. The third kappa shape index (κ3) is 4.15. The Labute approximate surface area is 213 Å². The molecule has 1 aliphatic heterocycles. The Hall–Kier alpha value is -4.43.